The van der Waals surface area contributed by atoms with Gasteiger partial charge in [0.1, 0.15) is 0 Å². The third kappa shape index (κ3) is 5.75. The number of hydrogen-bond acceptors (Lipinski definition) is 1. The Morgan fingerprint density at radius 1 is 1.38 bits per heavy atom. The lowest BCUT2D eigenvalue weighted by Gasteiger charge is -1.95. The lowest BCUT2D eigenvalue weighted by molar-refractivity contribution is 0.0252. The topological polar surface area (TPSA) is 9.23 Å². The van der Waals surface area contributed by atoms with Crippen LogP contribution in [0.25, 0.3) is 0 Å². The Kier molecular flexibility index (Phi) is 4.75. The van der Waals surface area contributed by atoms with Gasteiger partial charge in [0.15, 0.2) is 6.86 Å². The van der Waals surface area contributed by atoms with Crippen LogP contribution in [0, 0.1) is 0 Å². The van der Waals surface area contributed by atoms with E-state index >= 15 is 0 Å². The smallest absolute Gasteiger partial charge is 0.240 e. The standard InChI is InChI=1S/C4H7F3O/c5-3-8-2-1-4(6)7/h4H,1-3H2. The van der Waals surface area contributed by atoms with Crippen LogP contribution in [0.3, 0.4) is 0 Å². The molecule has 0 rings (SSSR count). The molecule has 0 bridgehead atoms. The lowest BCUT2D eigenvalue weighted by Crippen LogP contribution is -1.98. The molecular formula is C4H7F3O. The van der Waals surface area contributed by atoms with Gasteiger partial charge >= 0.3 is 0 Å². The zero-order valence-corrected chi connectivity index (χ0v) is 4.24. The van der Waals surface area contributed by atoms with Gasteiger partial charge in [-0.05, 0) is 0 Å². The van der Waals surface area contributed by atoms with E-state index in [0.29, 0.717) is 0 Å². The monoisotopic (exact) mass is 128 g/mol. The van der Waals surface area contributed by atoms with E-state index in [2.05, 4.69) is 4.74 Å². The van der Waals surface area contributed by atoms with E-state index in [1.807, 2.05) is 0 Å². The maximum atomic E-state index is 11.2. The van der Waals surface area contributed by atoms with Crippen molar-refractivity contribution >= 4 is 0 Å². The summed E-state index contributed by atoms with van der Waals surface area (Å²) in [5.41, 5.74) is 0. The third-order valence-electron chi connectivity index (χ3n) is 0.558. The van der Waals surface area contributed by atoms with Gasteiger partial charge in [-0.3, -0.25) is 0 Å². The van der Waals surface area contributed by atoms with Gasteiger partial charge < -0.3 is 4.74 Å². The maximum Gasteiger partial charge on any atom is 0.240 e. The molecule has 0 aromatic rings. The van der Waals surface area contributed by atoms with Crippen LogP contribution in [-0.2, 0) is 4.74 Å². The fourth-order valence-electron chi connectivity index (χ4n) is 0.227. The summed E-state index contributed by atoms with van der Waals surface area (Å²) in [4.78, 5) is 0. The Morgan fingerprint density at radius 3 is 2.38 bits per heavy atom. The summed E-state index contributed by atoms with van der Waals surface area (Å²) in [7, 11) is 0. The summed E-state index contributed by atoms with van der Waals surface area (Å²) >= 11 is 0. The molecule has 0 N–H and O–H groups in total. The van der Waals surface area contributed by atoms with E-state index in [1.165, 1.54) is 0 Å². The van der Waals surface area contributed by atoms with Gasteiger partial charge in [-0.15, -0.1) is 0 Å². The van der Waals surface area contributed by atoms with Crippen molar-refractivity contribution in [1.82, 2.24) is 0 Å². The maximum absolute atomic E-state index is 11.2. The number of rotatable bonds is 4. The van der Waals surface area contributed by atoms with E-state index in [4.69, 9.17) is 0 Å². The Hall–Kier alpha value is -0.250. The molecule has 0 aliphatic rings. The molecule has 8 heavy (non-hydrogen) atoms. The van der Waals surface area contributed by atoms with Gasteiger partial charge in [0.25, 0.3) is 0 Å². The molecule has 50 valence electrons. The second-order valence-corrected chi connectivity index (χ2v) is 1.20. The summed E-state index contributed by atoms with van der Waals surface area (Å²) in [6.07, 6.45) is -2.77. The summed E-state index contributed by atoms with van der Waals surface area (Å²) < 4.78 is 37.3. The molecule has 0 unspecified atom stereocenters. The van der Waals surface area contributed by atoms with E-state index < -0.39 is 13.3 Å². The van der Waals surface area contributed by atoms with Crippen LogP contribution < -0.4 is 0 Å². The zero-order chi connectivity index (χ0) is 6.41. The first kappa shape index (κ1) is 7.75. The van der Waals surface area contributed by atoms with Crippen molar-refractivity contribution in [2.24, 2.45) is 0 Å². The van der Waals surface area contributed by atoms with Gasteiger partial charge in [0.2, 0.25) is 6.43 Å². The highest BCUT2D eigenvalue weighted by Gasteiger charge is 1.99. The molecule has 0 radical (unpaired) electrons. The van der Waals surface area contributed by atoms with E-state index in [1.54, 1.807) is 0 Å². The first-order valence-corrected chi connectivity index (χ1v) is 2.19. The minimum absolute atomic E-state index is 0.200. The molecule has 0 amide bonds. The van der Waals surface area contributed by atoms with Crippen molar-refractivity contribution in [3.63, 3.8) is 0 Å². The van der Waals surface area contributed by atoms with Crippen molar-refractivity contribution in [3.8, 4) is 0 Å². The van der Waals surface area contributed by atoms with Crippen molar-refractivity contribution in [2.45, 2.75) is 12.8 Å². The van der Waals surface area contributed by atoms with Crippen LogP contribution in [0.4, 0.5) is 13.2 Å². The zero-order valence-electron chi connectivity index (χ0n) is 4.24. The SMILES string of the molecule is FCOCCC(F)F. The van der Waals surface area contributed by atoms with Crippen LogP contribution in [0.15, 0.2) is 0 Å². The summed E-state index contributed by atoms with van der Waals surface area (Å²) in [5, 5.41) is 0. The highest BCUT2D eigenvalue weighted by Crippen LogP contribution is 1.97. The lowest BCUT2D eigenvalue weighted by atomic mass is 10.5. The molecule has 0 atom stereocenters. The van der Waals surface area contributed by atoms with Crippen LogP contribution in [-0.4, -0.2) is 19.9 Å². The van der Waals surface area contributed by atoms with E-state index in [9.17, 15) is 13.2 Å². The molecular weight excluding hydrogens is 121 g/mol. The number of ether oxygens (including phenoxy) is 1. The minimum Gasteiger partial charge on any atom is -0.350 e. The average Bonchev–Trinajstić information content (AvgIpc) is 1.66. The van der Waals surface area contributed by atoms with Gasteiger partial charge in [0.05, 0.1) is 6.61 Å². The molecule has 0 saturated carbocycles. The Morgan fingerprint density at radius 2 is 2.00 bits per heavy atom. The summed E-state index contributed by atoms with van der Waals surface area (Å²) in [6.45, 7) is -1.18. The Balaban J connectivity index is 2.72. The fourth-order valence-corrected chi connectivity index (χ4v) is 0.227. The number of hydrogen-bond donors (Lipinski definition) is 0. The van der Waals surface area contributed by atoms with Gasteiger partial charge in [-0.1, -0.05) is 0 Å². The molecule has 0 fully saturated rings. The van der Waals surface area contributed by atoms with Gasteiger partial charge in [-0.2, -0.15) is 0 Å². The fraction of sp³-hybridized carbons (Fsp3) is 1.00. The van der Waals surface area contributed by atoms with Crippen LogP contribution in [0.5, 0.6) is 0 Å². The number of alkyl halides is 3. The van der Waals surface area contributed by atoms with Gasteiger partial charge in [0, 0.05) is 6.42 Å². The molecule has 0 heterocycles. The normalized spacial score (nSPS) is 10.5. The molecule has 0 aromatic heterocycles. The second-order valence-electron chi connectivity index (χ2n) is 1.20. The Bertz CT molecular complexity index is 48.5. The predicted octanol–water partition coefficient (Wildman–Crippen LogP) is 1.59. The van der Waals surface area contributed by atoms with E-state index in [0.717, 1.165) is 0 Å². The first-order valence-electron chi connectivity index (χ1n) is 2.19. The highest BCUT2D eigenvalue weighted by atomic mass is 19.3. The van der Waals surface area contributed by atoms with Crippen molar-refractivity contribution in [1.29, 1.82) is 0 Å². The molecule has 0 aliphatic heterocycles. The summed E-state index contributed by atoms with van der Waals surface area (Å²) in [5.74, 6) is 0. The molecule has 0 saturated heterocycles. The molecule has 0 spiro atoms. The number of halogens is 3. The van der Waals surface area contributed by atoms with Crippen LogP contribution in [0.2, 0.25) is 0 Å². The molecule has 1 nitrogen and oxygen atoms in total. The Labute approximate surface area is 45.4 Å². The van der Waals surface area contributed by atoms with Crippen molar-refractivity contribution in [3.05, 3.63) is 0 Å². The van der Waals surface area contributed by atoms with Crippen LogP contribution >= 0.6 is 0 Å². The summed E-state index contributed by atoms with van der Waals surface area (Å²) in [6, 6.07) is 0. The minimum atomic E-state index is -2.39. The largest absolute Gasteiger partial charge is 0.350 e. The van der Waals surface area contributed by atoms with Crippen LogP contribution in [0.1, 0.15) is 6.42 Å². The first-order chi connectivity index (χ1) is 3.77. The highest BCUT2D eigenvalue weighted by molar-refractivity contribution is 4.35. The molecule has 0 aromatic carbocycles. The van der Waals surface area contributed by atoms with Crippen molar-refractivity contribution in [2.75, 3.05) is 13.5 Å². The average molecular weight is 128 g/mol. The van der Waals surface area contributed by atoms with Gasteiger partial charge in [-0.25, -0.2) is 13.2 Å². The molecule has 0 aliphatic carbocycles. The molecule has 4 heteroatoms. The second kappa shape index (κ2) is 4.90. The van der Waals surface area contributed by atoms with Crippen molar-refractivity contribution < 1.29 is 17.9 Å². The quantitative estimate of drug-likeness (QED) is 0.522. The van der Waals surface area contributed by atoms with E-state index in [-0.39, 0.29) is 13.0 Å². The predicted molar refractivity (Wildman–Crippen MR) is 22.5 cm³/mol. The third-order valence-corrected chi connectivity index (χ3v) is 0.558.